The van der Waals surface area contributed by atoms with E-state index >= 15 is 0 Å². The topological polar surface area (TPSA) is 41.0 Å². The van der Waals surface area contributed by atoms with E-state index in [4.69, 9.17) is 4.98 Å². The van der Waals surface area contributed by atoms with E-state index in [1.165, 1.54) is 25.7 Å². The summed E-state index contributed by atoms with van der Waals surface area (Å²) in [5.74, 6) is 4.05. The molecule has 2 rings (SSSR count). The number of hydrogen-bond acceptors (Lipinski definition) is 4. The van der Waals surface area contributed by atoms with Crippen molar-refractivity contribution in [3.05, 3.63) is 11.9 Å². The van der Waals surface area contributed by atoms with Crippen LogP contribution in [0.25, 0.3) is 0 Å². The number of nitrogens with zero attached hydrogens (tertiary/aromatic N) is 3. The van der Waals surface area contributed by atoms with Gasteiger partial charge in [0.15, 0.2) is 0 Å². The molecule has 0 saturated heterocycles. The standard InChI is InChI=1S/C15H26N4/c1-11(2)15-17-13(16-3)9-14(18-15)19(4)10-12-7-5-6-8-12/h9,11-12H,5-8,10H2,1-4H3,(H,16,17,18). The van der Waals surface area contributed by atoms with E-state index in [1.807, 2.05) is 13.1 Å². The second kappa shape index (κ2) is 6.22. The van der Waals surface area contributed by atoms with E-state index in [0.717, 1.165) is 29.9 Å². The van der Waals surface area contributed by atoms with E-state index < -0.39 is 0 Å². The van der Waals surface area contributed by atoms with Crippen molar-refractivity contribution in [1.29, 1.82) is 0 Å². The van der Waals surface area contributed by atoms with E-state index in [9.17, 15) is 0 Å². The average Bonchev–Trinajstić information content (AvgIpc) is 2.90. The average molecular weight is 262 g/mol. The number of aromatic nitrogens is 2. The highest BCUT2D eigenvalue weighted by molar-refractivity contribution is 5.49. The third-order valence-corrected chi connectivity index (χ3v) is 3.90. The lowest BCUT2D eigenvalue weighted by Crippen LogP contribution is -2.25. The Hall–Kier alpha value is -1.32. The van der Waals surface area contributed by atoms with Crippen LogP contribution < -0.4 is 10.2 Å². The molecule has 0 aliphatic heterocycles. The summed E-state index contributed by atoms with van der Waals surface area (Å²) < 4.78 is 0. The Kier molecular flexibility index (Phi) is 4.61. The Morgan fingerprint density at radius 1 is 1.32 bits per heavy atom. The first kappa shape index (κ1) is 14.1. The van der Waals surface area contributed by atoms with E-state index in [0.29, 0.717) is 5.92 Å². The van der Waals surface area contributed by atoms with Crippen LogP contribution in [-0.2, 0) is 0 Å². The molecule has 1 heterocycles. The number of hydrogen-bond donors (Lipinski definition) is 1. The molecule has 0 atom stereocenters. The first-order chi connectivity index (χ1) is 9.10. The summed E-state index contributed by atoms with van der Waals surface area (Å²) in [4.78, 5) is 11.5. The molecule has 1 aliphatic carbocycles. The third kappa shape index (κ3) is 3.58. The fourth-order valence-corrected chi connectivity index (χ4v) is 2.71. The third-order valence-electron chi connectivity index (χ3n) is 3.90. The Bertz CT molecular complexity index is 411. The number of anilines is 2. The Labute approximate surface area is 116 Å². The van der Waals surface area contributed by atoms with Gasteiger partial charge >= 0.3 is 0 Å². The first-order valence-electron chi connectivity index (χ1n) is 7.38. The summed E-state index contributed by atoms with van der Waals surface area (Å²) in [7, 11) is 4.05. The minimum absolute atomic E-state index is 0.354. The summed E-state index contributed by atoms with van der Waals surface area (Å²) >= 11 is 0. The molecule has 0 aromatic carbocycles. The fraction of sp³-hybridized carbons (Fsp3) is 0.733. The Morgan fingerprint density at radius 2 is 2.00 bits per heavy atom. The number of nitrogens with one attached hydrogen (secondary N) is 1. The van der Waals surface area contributed by atoms with Crippen molar-refractivity contribution in [3.8, 4) is 0 Å². The zero-order chi connectivity index (χ0) is 13.8. The van der Waals surface area contributed by atoms with Crippen LogP contribution in [0.2, 0.25) is 0 Å². The predicted molar refractivity (Wildman–Crippen MR) is 80.9 cm³/mol. The van der Waals surface area contributed by atoms with Crippen molar-refractivity contribution in [2.24, 2.45) is 5.92 Å². The summed E-state index contributed by atoms with van der Waals surface area (Å²) in [6.45, 7) is 5.38. The van der Waals surface area contributed by atoms with Crippen LogP contribution in [0.3, 0.4) is 0 Å². The van der Waals surface area contributed by atoms with Gasteiger partial charge in [-0.05, 0) is 18.8 Å². The van der Waals surface area contributed by atoms with Crippen LogP contribution in [0.4, 0.5) is 11.6 Å². The molecule has 0 spiro atoms. The van der Waals surface area contributed by atoms with Gasteiger partial charge in [-0.15, -0.1) is 0 Å². The molecule has 1 aliphatic rings. The molecule has 0 amide bonds. The van der Waals surface area contributed by atoms with Gasteiger partial charge in [-0.3, -0.25) is 0 Å². The molecular weight excluding hydrogens is 236 g/mol. The quantitative estimate of drug-likeness (QED) is 0.884. The first-order valence-corrected chi connectivity index (χ1v) is 7.38. The van der Waals surface area contributed by atoms with Gasteiger partial charge in [-0.1, -0.05) is 26.7 Å². The smallest absolute Gasteiger partial charge is 0.135 e. The molecule has 0 bridgehead atoms. The molecule has 1 N–H and O–H groups in total. The fourth-order valence-electron chi connectivity index (χ4n) is 2.71. The molecule has 1 aromatic heterocycles. The van der Waals surface area contributed by atoms with Crippen LogP contribution in [0, 0.1) is 5.92 Å². The van der Waals surface area contributed by atoms with Gasteiger partial charge in [0.2, 0.25) is 0 Å². The lowest BCUT2D eigenvalue weighted by atomic mass is 10.1. The van der Waals surface area contributed by atoms with Crippen molar-refractivity contribution in [1.82, 2.24) is 9.97 Å². The molecule has 0 radical (unpaired) electrons. The van der Waals surface area contributed by atoms with Crippen LogP contribution in [0.5, 0.6) is 0 Å². The zero-order valence-electron chi connectivity index (χ0n) is 12.6. The molecule has 1 saturated carbocycles. The summed E-state index contributed by atoms with van der Waals surface area (Å²) in [5, 5.41) is 3.13. The Balaban J connectivity index is 2.14. The van der Waals surface area contributed by atoms with E-state index in [1.54, 1.807) is 0 Å². The Morgan fingerprint density at radius 3 is 2.58 bits per heavy atom. The van der Waals surface area contributed by atoms with E-state index in [-0.39, 0.29) is 0 Å². The molecule has 1 fully saturated rings. The van der Waals surface area contributed by atoms with E-state index in [2.05, 4.69) is 36.1 Å². The van der Waals surface area contributed by atoms with Crippen molar-refractivity contribution in [2.75, 3.05) is 30.9 Å². The molecule has 1 aromatic rings. The molecule has 4 heteroatoms. The SMILES string of the molecule is CNc1cc(N(C)CC2CCCC2)nc(C(C)C)n1. The van der Waals surface area contributed by atoms with Gasteiger partial charge in [0.05, 0.1) is 0 Å². The van der Waals surface area contributed by atoms with Gasteiger partial charge in [0.1, 0.15) is 17.5 Å². The minimum Gasteiger partial charge on any atom is -0.373 e. The van der Waals surface area contributed by atoms with Gasteiger partial charge in [0, 0.05) is 32.6 Å². The molecule has 4 nitrogen and oxygen atoms in total. The maximum atomic E-state index is 4.70. The summed E-state index contributed by atoms with van der Waals surface area (Å²) in [6, 6.07) is 2.04. The predicted octanol–water partition coefficient (Wildman–Crippen LogP) is 3.27. The monoisotopic (exact) mass is 262 g/mol. The van der Waals surface area contributed by atoms with Gasteiger partial charge < -0.3 is 10.2 Å². The maximum Gasteiger partial charge on any atom is 0.135 e. The van der Waals surface area contributed by atoms with Crippen molar-refractivity contribution in [2.45, 2.75) is 45.4 Å². The maximum absolute atomic E-state index is 4.70. The zero-order valence-corrected chi connectivity index (χ0v) is 12.6. The minimum atomic E-state index is 0.354. The highest BCUT2D eigenvalue weighted by Gasteiger charge is 2.18. The molecule has 106 valence electrons. The van der Waals surface area contributed by atoms with Crippen molar-refractivity contribution < 1.29 is 0 Å². The van der Waals surface area contributed by atoms with Crippen LogP contribution in [0.1, 0.15) is 51.3 Å². The summed E-state index contributed by atoms with van der Waals surface area (Å²) in [6.07, 6.45) is 5.51. The summed E-state index contributed by atoms with van der Waals surface area (Å²) in [5.41, 5.74) is 0. The normalized spacial score (nSPS) is 16.1. The second-order valence-corrected chi connectivity index (χ2v) is 5.91. The molecular formula is C15H26N4. The largest absolute Gasteiger partial charge is 0.373 e. The van der Waals surface area contributed by atoms with Gasteiger partial charge in [0.25, 0.3) is 0 Å². The molecule has 19 heavy (non-hydrogen) atoms. The highest BCUT2D eigenvalue weighted by Crippen LogP contribution is 2.27. The van der Waals surface area contributed by atoms with Crippen molar-refractivity contribution >= 4 is 11.6 Å². The van der Waals surface area contributed by atoms with Crippen molar-refractivity contribution in [3.63, 3.8) is 0 Å². The van der Waals surface area contributed by atoms with Crippen LogP contribution in [-0.4, -0.2) is 30.6 Å². The lowest BCUT2D eigenvalue weighted by molar-refractivity contribution is 0.544. The van der Waals surface area contributed by atoms with Crippen LogP contribution >= 0.6 is 0 Å². The lowest BCUT2D eigenvalue weighted by Gasteiger charge is -2.23. The second-order valence-electron chi connectivity index (χ2n) is 5.91. The van der Waals surface area contributed by atoms with Gasteiger partial charge in [-0.25, -0.2) is 9.97 Å². The highest BCUT2D eigenvalue weighted by atomic mass is 15.2. The van der Waals surface area contributed by atoms with Gasteiger partial charge in [-0.2, -0.15) is 0 Å². The van der Waals surface area contributed by atoms with Crippen LogP contribution in [0.15, 0.2) is 6.07 Å². The molecule has 0 unspecified atom stereocenters. The number of rotatable bonds is 5.